The number of sulfone groups is 1. The highest BCUT2D eigenvalue weighted by molar-refractivity contribution is 7.91. The average molecular weight is 416 g/mol. The van der Waals surface area contributed by atoms with Gasteiger partial charge in [0.05, 0.1) is 23.2 Å². The molecule has 1 saturated carbocycles. The van der Waals surface area contributed by atoms with E-state index in [1.807, 2.05) is 37.3 Å². The fourth-order valence-electron chi connectivity index (χ4n) is 4.37. The summed E-state index contributed by atoms with van der Waals surface area (Å²) < 4.78 is 25.8. The van der Waals surface area contributed by atoms with Crippen LogP contribution in [-0.4, -0.2) is 41.7 Å². The van der Waals surface area contributed by atoms with Crippen LogP contribution in [0.5, 0.6) is 0 Å². The number of nitrogens with zero attached hydrogens (tertiary/aromatic N) is 2. The molecule has 7 heteroatoms. The van der Waals surface area contributed by atoms with Crippen molar-refractivity contribution in [3.63, 3.8) is 0 Å². The van der Waals surface area contributed by atoms with Crippen LogP contribution in [0.1, 0.15) is 67.0 Å². The molecule has 1 aliphatic heterocycles. The second-order valence-electron chi connectivity index (χ2n) is 8.44. The topological polar surface area (TPSA) is 81.1 Å². The summed E-state index contributed by atoms with van der Waals surface area (Å²) in [5, 5.41) is 7.74. The number of benzene rings is 1. The molecule has 1 amide bonds. The second kappa shape index (κ2) is 8.30. The van der Waals surface area contributed by atoms with Crippen LogP contribution in [0.15, 0.2) is 30.3 Å². The molecule has 4 rings (SSSR count). The molecule has 0 radical (unpaired) electrons. The number of amides is 1. The van der Waals surface area contributed by atoms with Gasteiger partial charge in [-0.3, -0.25) is 9.48 Å². The lowest BCUT2D eigenvalue weighted by Gasteiger charge is -2.15. The monoisotopic (exact) mass is 415 g/mol. The maximum absolute atomic E-state index is 12.9. The van der Waals surface area contributed by atoms with Crippen molar-refractivity contribution >= 4 is 15.7 Å². The molecule has 0 spiro atoms. The van der Waals surface area contributed by atoms with Crippen LogP contribution in [0.4, 0.5) is 0 Å². The minimum absolute atomic E-state index is 0.0806. The van der Waals surface area contributed by atoms with Crippen LogP contribution in [0.3, 0.4) is 0 Å². The minimum atomic E-state index is -3.05. The highest BCUT2D eigenvalue weighted by atomic mass is 32.2. The summed E-state index contributed by atoms with van der Waals surface area (Å²) in [6.07, 6.45) is 7.31. The Balaban J connectivity index is 1.63. The summed E-state index contributed by atoms with van der Waals surface area (Å²) >= 11 is 0. The molecule has 2 heterocycles. The Bertz CT molecular complexity index is 971. The number of carbonyl (C=O) groups excluding carboxylic acids is 1. The largest absolute Gasteiger partial charge is 0.348 e. The van der Waals surface area contributed by atoms with Crippen molar-refractivity contribution in [1.29, 1.82) is 0 Å². The van der Waals surface area contributed by atoms with E-state index in [0.717, 1.165) is 42.5 Å². The number of aromatic nitrogens is 2. The molecule has 2 fully saturated rings. The van der Waals surface area contributed by atoms with E-state index in [1.165, 1.54) is 12.8 Å². The van der Waals surface area contributed by atoms with E-state index >= 15 is 0 Å². The zero-order valence-corrected chi connectivity index (χ0v) is 17.7. The summed E-state index contributed by atoms with van der Waals surface area (Å²) in [5.74, 6) is 0.0935. The van der Waals surface area contributed by atoms with E-state index in [2.05, 4.69) is 10.4 Å². The quantitative estimate of drug-likeness (QED) is 0.773. The van der Waals surface area contributed by atoms with Gasteiger partial charge in [-0.2, -0.15) is 5.10 Å². The van der Waals surface area contributed by atoms with Crippen LogP contribution in [0.2, 0.25) is 0 Å². The van der Waals surface area contributed by atoms with Crippen molar-refractivity contribution in [2.24, 2.45) is 0 Å². The zero-order chi connectivity index (χ0) is 20.4. The van der Waals surface area contributed by atoms with Gasteiger partial charge in [0.15, 0.2) is 15.5 Å². The smallest absolute Gasteiger partial charge is 0.272 e. The summed E-state index contributed by atoms with van der Waals surface area (Å²) in [5.41, 5.74) is 3.27. The highest BCUT2D eigenvalue weighted by Gasteiger charge is 2.32. The average Bonchev–Trinajstić information content (AvgIpc) is 3.18. The van der Waals surface area contributed by atoms with Gasteiger partial charge in [0, 0.05) is 6.04 Å². The molecule has 1 atom stereocenters. The molecule has 1 saturated heterocycles. The van der Waals surface area contributed by atoms with Gasteiger partial charge in [-0.05, 0) is 37.8 Å². The Hall–Kier alpha value is -2.15. The maximum atomic E-state index is 12.9. The first-order chi connectivity index (χ1) is 13.9. The Morgan fingerprint density at radius 2 is 1.76 bits per heavy atom. The predicted octanol–water partition coefficient (Wildman–Crippen LogP) is 3.67. The van der Waals surface area contributed by atoms with E-state index in [-0.39, 0.29) is 29.5 Å². The first-order valence-electron chi connectivity index (χ1n) is 10.6. The van der Waals surface area contributed by atoms with Crippen LogP contribution >= 0.6 is 0 Å². The molecular weight excluding hydrogens is 386 g/mol. The molecule has 0 bridgehead atoms. The van der Waals surface area contributed by atoms with Gasteiger partial charge in [-0.25, -0.2) is 8.42 Å². The van der Waals surface area contributed by atoms with Crippen molar-refractivity contribution in [2.45, 2.75) is 64.0 Å². The fourth-order valence-corrected chi connectivity index (χ4v) is 6.07. The van der Waals surface area contributed by atoms with Crippen molar-refractivity contribution in [3.05, 3.63) is 41.6 Å². The Labute approximate surface area is 172 Å². The van der Waals surface area contributed by atoms with E-state index in [1.54, 1.807) is 4.68 Å². The molecule has 1 aromatic heterocycles. The van der Waals surface area contributed by atoms with Gasteiger partial charge in [-0.1, -0.05) is 55.5 Å². The van der Waals surface area contributed by atoms with Crippen LogP contribution in [0, 0.1) is 6.92 Å². The molecule has 2 aliphatic rings. The number of aryl methyl sites for hydroxylation is 1. The SMILES string of the molecule is Cc1ccc(-c2cc(C(=O)NC3CCCCCC3)nn2C2CCS(=O)(=O)C2)cc1. The van der Waals surface area contributed by atoms with Crippen molar-refractivity contribution in [3.8, 4) is 11.3 Å². The molecule has 2 aromatic rings. The molecule has 1 aliphatic carbocycles. The van der Waals surface area contributed by atoms with Crippen LogP contribution in [0.25, 0.3) is 11.3 Å². The van der Waals surface area contributed by atoms with E-state index in [0.29, 0.717) is 12.1 Å². The summed E-state index contributed by atoms with van der Waals surface area (Å²) in [6, 6.07) is 9.81. The Morgan fingerprint density at radius 1 is 1.07 bits per heavy atom. The molecule has 29 heavy (non-hydrogen) atoms. The lowest BCUT2D eigenvalue weighted by molar-refractivity contribution is 0.0927. The first-order valence-corrected chi connectivity index (χ1v) is 12.4. The number of carbonyl (C=O) groups is 1. The second-order valence-corrected chi connectivity index (χ2v) is 10.7. The lowest BCUT2D eigenvalue weighted by Crippen LogP contribution is -2.34. The normalized spacial score (nSPS) is 22.3. The molecule has 1 aromatic carbocycles. The fraction of sp³-hybridized carbons (Fsp3) is 0.545. The van der Waals surface area contributed by atoms with Crippen molar-refractivity contribution in [2.75, 3.05) is 11.5 Å². The molecular formula is C22H29N3O3S. The Kier molecular flexibility index (Phi) is 5.76. The number of hydrogen-bond acceptors (Lipinski definition) is 4. The predicted molar refractivity (Wildman–Crippen MR) is 114 cm³/mol. The summed E-state index contributed by atoms with van der Waals surface area (Å²) in [6.45, 7) is 2.02. The number of hydrogen-bond donors (Lipinski definition) is 1. The van der Waals surface area contributed by atoms with Crippen molar-refractivity contribution in [1.82, 2.24) is 15.1 Å². The van der Waals surface area contributed by atoms with Gasteiger partial charge in [-0.15, -0.1) is 0 Å². The molecule has 156 valence electrons. The van der Waals surface area contributed by atoms with Crippen LogP contribution < -0.4 is 5.32 Å². The molecule has 1 unspecified atom stereocenters. The minimum Gasteiger partial charge on any atom is -0.348 e. The lowest BCUT2D eigenvalue weighted by atomic mass is 10.1. The molecule has 6 nitrogen and oxygen atoms in total. The maximum Gasteiger partial charge on any atom is 0.272 e. The van der Waals surface area contributed by atoms with E-state index in [9.17, 15) is 13.2 Å². The van der Waals surface area contributed by atoms with E-state index < -0.39 is 9.84 Å². The van der Waals surface area contributed by atoms with Gasteiger partial charge < -0.3 is 5.32 Å². The number of rotatable bonds is 4. The van der Waals surface area contributed by atoms with Gasteiger partial charge >= 0.3 is 0 Å². The van der Waals surface area contributed by atoms with Crippen molar-refractivity contribution < 1.29 is 13.2 Å². The zero-order valence-electron chi connectivity index (χ0n) is 16.9. The first kappa shape index (κ1) is 20.1. The van der Waals surface area contributed by atoms with Gasteiger partial charge in [0.1, 0.15) is 0 Å². The van der Waals surface area contributed by atoms with E-state index in [4.69, 9.17) is 0 Å². The molecule has 1 N–H and O–H groups in total. The number of nitrogens with one attached hydrogen (secondary N) is 1. The van der Waals surface area contributed by atoms with Gasteiger partial charge in [0.2, 0.25) is 0 Å². The van der Waals surface area contributed by atoms with Gasteiger partial charge in [0.25, 0.3) is 5.91 Å². The summed E-state index contributed by atoms with van der Waals surface area (Å²) in [7, 11) is -3.05. The van der Waals surface area contributed by atoms with Crippen LogP contribution in [-0.2, 0) is 9.84 Å². The third-order valence-electron chi connectivity index (χ3n) is 6.06. The third kappa shape index (κ3) is 4.71. The highest BCUT2D eigenvalue weighted by Crippen LogP contribution is 2.30. The third-order valence-corrected chi connectivity index (χ3v) is 7.81. The Morgan fingerprint density at radius 3 is 2.38 bits per heavy atom. The summed E-state index contributed by atoms with van der Waals surface area (Å²) in [4.78, 5) is 12.9. The standard InChI is InChI=1S/C22H29N3O3S/c1-16-8-10-17(11-9-16)21-14-20(22(26)23-18-6-4-2-3-5-7-18)24-25(21)19-12-13-29(27,28)15-19/h8-11,14,18-19H,2-7,12-13,15H2,1H3,(H,23,26).